The Labute approximate surface area is 90.3 Å². The van der Waals surface area contributed by atoms with Crippen LogP contribution in [0.25, 0.3) is 0 Å². The van der Waals surface area contributed by atoms with Gasteiger partial charge in [0.25, 0.3) is 0 Å². The zero-order chi connectivity index (χ0) is 10.2. The van der Waals surface area contributed by atoms with Crippen LogP contribution in [0.3, 0.4) is 0 Å². The fourth-order valence-corrected chi connectivity index (χ4v) is 1.60. The van der Waals surface area contributed by atoms with Gasteiger partial charge in [-0.15, -0.1) is 0 Å². The van der Waals surface area contributed by atoms with Crippen LogP contribution in [0.1, 0.15) is 19.0 Å². The first kappa shape index (κ1) is 11.6. The highest BCUT2D eigenvalue weighted by Crippen LogP contribution is 1.99. The predicted octanol–water partition coefficient (Wildman–Crippen LogP) is 1.75. The van der Waals surface area contributed by atoms with Gasteiger partial charge in [0, 0.05) is 25.0 Å². The van der Waals surface area contributed by atoms with Crippen molar-refractivity contribution in [3.63, 3.8) is 0 Å². The molecule has 0 spiro atoms. The maximum absolute atomic E-state index is 4.33. The van der Waals surface area contributed by atoms with E-state index in [2.05, 4.69) is 34.2 Å². The Morgan fingerprint density at radius 1 is 1.57 bits per heavy atom. The number of rotatable bonds is 7. The van der Waals surface area contributed by atoms with Crippen molar-refractivity contribution in [3.8, 4) is 0 Å². The minimum Gasteiger partial charge on any atom is -0.336 e. The highest BCUT2D eigenvalue weighted by molar-refractivity contribution is 7.98. The Morgan fingerprint density at radius 2 is 2.43 bits per heavy atom. The van der Waals surface area contributed by atoms with E-state index in [4.69, 9.17) is 0 Å². The van der Waals surface area contributed by atoms with Crippen molar-refractivity contribution >= 4 is 11.8 Å². The lowest BCUT2D eigenvalue weighted by atomic mass is 10.4. The molecule has 0 saturated carbocycles. The van der Waals surface area contributed by atoms with E-state index in [1.54, 1.807) is 0 Å². The van der Waals surface area contributed by atoms with Crippen molar-refractivity contribution < 1.29 is 0 Å². The van der Waals surface area contributed by atoms with Crippen molar-refractivity contribution in [2.75, 3.05) is 18.6 Å². The number of aryl methyl sites for hydroxylation is 1. The zero-order valence-electron chi connectivity index (χ0n) is 8.99. The van der Waals surface area contributed by atoms with Gasteiger partial charge in [0.2, 0.25) is 0 Å². The summed E-state index contributed by atoms with van der Waals surface area (Å²) in [5.74, 6) is 1.15. The Kier molecular flexibility index (Phi) is 5.71. The third kappa shape index (κ3) is 4.15. The average Bonchev–Trinajstić information content (AvgIpc) is 2.63. The van der Waals surface area contributed by atoms with Gasteiger partial charge in [0.15, 0.2) is 0 Å². The molecule has 0 atom stereocenters. The third-order valence-corrected chi connectivity index (χ3v) is 2.56. The molecule has 14 heavy (non-hydrogen) atoms. The summed E-state index contributed by atoms with van der Waals surface area (Å²) in [5.41, 5.74) is 1.14. The number of nitrogens with zero attached hydrogens (tertiary/aromatic N) is 2. The van der Waals surface area contributed by atoms with Crippen LogP contribution in [-0.2, 0) is 13.1 Å². The molecule has 0 amide bonds. The second-order valence-electron chi connectivity index (χ2n) is 3.27. The van der Waals surface area contributed by atoms with Crippen LogP contribution >= 0.6 is 11.8 Å². The predicted molar refractivity (Wildman–Crippen MR) is 62.6 cm³/mol. The van der Waals surface area contributed by atoms with Crippen LogP contribution in [0.4, 0.5) is 0 Å². The molecule has 1 aromatic rings. The molecule has 0 unspecified atom stereocenters. The molecule has 1 heterocycles. The lowest BCUT2D eigenvalue weighted by Crippen LogP contribution is -2.13. The summed E-state index contributed by atoms with van der Waals surface area (Å²) in [6.07, 6.45) is 7.34. The van der Waals surface area contributed by atoms with Crippen molar-refractivity contribution in [3.05, 3.63) is 18.2 Å². The Morgan fingerprint density at radius 3 is 3.14 bits per heavy atom. The van der Waals surface area contributed by atoms with Gasteiger partial charge in [-0.2, -0.15) is 11.8 Å². The van der Waals surface area contributed by atoms with Gasteiger partial charge in [-0.1, -0.05) is 6.92 Å². The summed E-state index contributed by atoms with van der Waals surface area (Å²) in [6, 6.07) is 0. The first-order chi connectivity index (χ1) is 6.86. The number of hydrogen-bond acceptors (Lipinski definition) is 3. The Bertz CT molecular complexity index is 247. The van der Waals surface area contributed by atoms with Crippen LogP contribution in [-0.4, -0.2) is 28.1 Å². The average molecular weight is 213 g/mol. The summed E-state index contributed by atoms with van der Waals surface area (Å²) in [4.78, 5) is 4.33. The molecule has 1 aromatic heterocycles. The van der Waals surface area contributed by atoms with Crippen LogP contribution in [0, 0.1) is 0 Å². The second-order valence-corrected chi connectivity index (χ2v) is 4.26. The number of nitrogens with one attached hydrogen (secondary N) is 1. The number of aromatic nitrogens is 2. The van der Waals surface area contributed by atoms with E-state index in [9.17, 15) is 0 Å². The molecule has 0 aliphatic rings. The third-order valence-electron chi connectivity index (χ3n) is 1.97. The summed E-state index contributed by atoms with van der Waals surface area (Å²) in [6.45, 7) is 5.18. The van der Waals surface area contributed by atoms with E-state index in [1.807, 2.05) is 18.1 Å². The molecule has 0 radical (unpaired) electrons. The van der Waals surface area contributed by atoms with Crippen molar-refractivity contribution in [2.24, 2.45) is 0 Å². The van der Waals surface area contributed by atoms with E-state index in [0.29, 0.717) is 0 Å². The monoisotopic (exact) mass is 213 g/mol. The first-order valence-electron chi connectivity index (χ1n) is 5.07. The number of thioether (sulfide) groups is 1. The zero-order valence-corrected chi connectivity index (χ0v) is 9.81. The molecular weight excluding hydrogens is 194 g/mol. The van der Waals surface area contributed by atoms with Crippen LogP contribution < -0.4 is 5.32 Å². The van der Waals surface area contributed by atoms with Crippen molar-refractivity contribution in [1.29, 1.82) is 0 Å². The minimum atomic E-state index is 0.889. The molecule has 1 N–H and O–H groups in total. The summed E-state index contributed by atoms with van der Waals surface area (Å²) in [5, 5.41) is 3.34. The lowest BCUT2D eigenvalue weighted by molar-refractivity contribution is 0.665. The molecule has 0 aromatic carbocycles. The van der Waals surface area contributed by atoms with Gasteiger partial charge in [0.05, 0.1) is 12.0 Å². The SMILES string of the molecule is CCCNCc1cn(CCSC)cn1. The van der Waals surface area contributed by atoms with Gasteiger partial charge in [-0.05, 0) is 19.2 Å². The molecule has 0 fully saturated rings. The Balaban J connectivity index is 2.27. The standard InChI is InChI=1S/C10H19N3S/c1-3-4-11-7-10-8-13(9-12-10)5-6-14-2/h8-9,11H,3-7H2,1-2H3. The van der Waals surface area contributed by atoms with Gasteiger partial charge in [-0.25, -0.2) is 4.98 Å². The smallest absolute Gasteiger partial charge is 0.0950 e. The largest absolute Gasteiger partial charge is 0.336 e. The van der Waals surface area contributed by atoms with E-state index in [1.165, 1.54) is 6.42 Å². The van der Waals surface area contributed by atoms with Crippen molar-refractivity contribution in [1.82, 2.24) is 14.9 Å². The van der Waals surface area contributed by atoms with Gasteiger partial charge in [0.1, 0.15) is 0 Å². The fraction of sp³-hybridized carbons (Fsp3) is 0.700. The van der Waals surface area contributed by atoms with Gasteiger partial charge >= 0.3 is 0 Å². The highest BCUT2D eigenvalue weighted by atomic mass is 32.2. The van der Waals surface area contributed by atoms with Crippen LogP contribution in [0.2, 0.25) is 0 Å². The molecule has 80 valence electrons. The molecule has 3 nitrogen and oxygen atoms in total. The summed E-state index contributed by atoms with van der Waals surface area (Å²) in [7, 11) is 0. The van der Waals surface area contributed by atoms with Gasteiger partial charge < -0.3 is 9.88 Å². The van der Waals surface area contributed by atoms with E-state index in [-0.39, 0.29) is 0 Å². The van der Waals surface area contributed by atoms with Crippen LogP contribution in [0.5, 0.6) is 0 Å². The number of imidazole rings is 1. The highest BCUT2D eigenvalue weighted by Gasteiger charge is 1.97. The Hall–Kier alpha value is -0.480. The first-order valence-corrected chi connectivity index (χ1v) is 6.46. The minimum absolute atomic E-state index is 0.889. The molecule has 0 bridgehead atoms. The lowest BCUT2D eigenvalue weighted by Gasteiger charge is -1.99. The van der Waals surface area contributed by atoms with E-state index < -0.39 is 0 Å². The van der Waals surface area contributed by atoms with Crippen molar-refractivity contribution in [2.45, 2.75) is 26.4 Å². The van der Waals surface area contributed by atoms with Crippen LogP contribution in [0.15, 0.2) is 12.5 Å². The summed E-state index contributed by atoms with van der Waals surface area (Å²) < 4.78 is 2.15. The molecule has 4 heteroatoms. The maximum atomic E-state index is 4.33. The quantitative estimate of drug-likeness (QED) is 0.700. The number of hydrogen-bond donors (Lipinski definition) is 1. The fourth-order valence-electron chi connectivity index (χ4n) is 1.21. The summed E-state index contributed by atoms with van der Waals surface area (Å²) >= 11 is 1.86. The van der Waals surface area contributed by atoms with E-state index in [0.717, 1.165) is 31.1 Å². The maximum Gasteiger partial charge on any atom is 0.0950 e. The molecule has 1 rings (SSSR count). The molecular formula is C10H19N3S. The van der Waals surface area contributed by atoms with Gasteiger partial charge in [-0.3, -0.25) is 0 Å². The van der Waals surface area contributed by atoms with E-state index >= 15 is 0 Å². The molecule has 0 aliphatic carbocycles. The molecule has 0 aliphatic heterocycles. The second kappa shape index (κ2) is 6.90. The topological polar surface area (TPSA) is 29.9 Å². The normalized spacial score (nSPS) is 10.7. The molecule has 0 saturated heterocycles.